The van der Waals surface area contributed by atoms with Gasteiger partial charge in [-0.25, -0.2) is 0 Å². The smallest absolute Gasteiger partial charge is 0.308 e. The van der Waals surface area contributed by atoms with Crippen molar-refractivity contribution in [1.82, 2.24) is 9.80 Å². The van der Waals surface area contributed by atoms with Crippen molar-refractivity contribution in [3.63, 3.8) is 0 Å². The minimum absolute atomic E-state index is 0.0189. The van der Waals surface area contributed by atoms with Gasteiger partial charge in [0.05, 0.1) is 25.7 Å². The molecule has 10 heteroatoms. The zero-order valence-electron chi connectivity index (χ0n) is 22.8. The van der Waals surface area contributed by atoms with Crippen LogP contribution in [0.25, 0.3) is 0 Å². The largest absolute Gasteiger partial charge is 0.481 e. The number of hydrogen-bond acceptors (Lipinski definition) is 8. The van der Waals surface area contributed by atoms with E-state index in [0.717, 1.165) is 18.4 Å². The predicted octanol–water partition coefficient (Wildman–Crippen LogP) is 2.68. The molecule has 3 aliphatic heterocycles. The zero-order chi connectivity index (χ0) is 27.3. The molecular formula is C28H42N2O8. The number of aliphatic hydroxyl groups is 1. The molecule has 0 unspecified atom stereocenters. The van der Waals surface area contributed by atoms with Gasteiger partial charge in [0.2, 0.25) is 12.7 Å². The van der Waals surface area contributed by atoms with Crippen LogP contribution >= 0.6 is 0 Å². The highest BCUT2D eigenvalue weighted by atomic mass is 16.7. The Kier molecular flexibility index (Phi) is 9.51. The van der Waals surface area contributed by atoms with E-state index in [9.17, 15) is 19.8 Å². The summed E-state index contributed by atoms with van der Waals surface area (Å²) in [5.74, 6) is -0.735. The van der Waals surface area contributed by atoms with E-state index in [-0.39, 0.29) is 31.8 Å². The lowest BCUT2D eigenvalue weighted by molar-refractivity contribution is -0.148. The average Bonchev–Trinajstić information content (AvgIpc) is 3.64. The number of hydrogen-bond donors (Lipinski definition) is 2. The first kappa shape index (κ1) is 28.6. The Morgan fingerprint density at radius 1 is 1.11 bits per heavy atom. The van der Waals surface area contributed by atoms with Crippen molar-refractivity contribution in [3.05, 3.63) is 23.8 Å². The third kappa shape index (κ3) is 6.42. The number of carboxylic acid groups (broad SMARTS) is 1. The van der Waals surface area contributed by atoms with E-state index in [2.05, 4.69) is 6.92 Å². The fourth-order valence-electron chi connectivity index (χ4n) is 5.92. The number of carboxylic acids is 1. The summed E-state index contributed by atoms with van der Waals surface area (Å²) < 4.78 is 22.6. The predicted molar refractivity (Wildman–Crippen MR) is 139 cm³/mol. The topological polar surface area (TPSA) is 118 Å². The van der Waals surface area contributed by atoms with Gasteiger partial charge in [0, 0.05) is 43.6 Å². The van der Waals surface area contributed by atoms with Gasteiger partial charge >= 0.3 is 5.97 Å². The first-order valence-electron chi connectivity index (χ1n) is 13.7. The summed E-state index contributed by atoms with van der Waals surface area (Å²) >= 11 is 0. The van der Waals surface area contributed by atoms with Crippen LogP contribution in [0.5, 0.6) is 11.5 Å². The number of amides is 1. The Hall–Kier alpha value is -2.40. The van der Waals surface area contributed by atoms with E-state index in [1.54, 1.807) is 4.90 Å². The van der Waals surface area contributed by atoms with Crippen molar-refractivity contribution in [2.24, 2.45) is 11.3 Å². The van der Waals surface area contributed by atoms with Crippen LogP contribution < -0.4 is 9.47 Å². The van der Waals surface area contributed by atoms with Crippen molar-refractivity contribution >= 4 is 11.9 Å². The van der Waals surface area contributed by atoms with Gasteiger partial charge < -0.3 is 34.1 Å². The zero-order valence-corrected chi connectivity index (χ0v) is 22.8. The molecule has 2 fully saturated rings. The molecule has 1 aromatic rings. The van der Waals surface area contributed by atoms with Crippen LogP contribution in [-0.2, 0) is 19.1 Å². The Morgan fingerprint density at radius 2 is 1.82 bits per heavy atom. The number of fused-ring (bicyclic) bond motifs is 1. The second kappa shape index (κ2) is 12.6. The first-order valence-corrected chi connectivity index (χ1v) is 13.7. The van der Waals surface area contributed by atoms with E-state index < -0.39 is 29.6 Å². The van der Waals surface area contributed by atoms with Gasteiger partial charge in [-0.15, -0.1) is 0 Å². The molecule has 3 heterocycles. The summed E-state index contributed by atoms with van der Waals surface area (Å²) in [6, 6.07) is 5.19. The SMILES string of the molecule is CCCCN(CCCO)C(=O)CN1C[C@H](c2ccc3c(c2)OCO3)[C@@H](C(=O)O)[C@@H]1CC(C)(C)C1OCCO1. The van der Waals surface area contributed by atoms with Gasteiger partial charge in [-0.2, -0.15) is 0 Å². The maximum absolute atomic E-state index is 13.5. The van der Waals surface area contributed by atoms with Crippen LogP contribution in [0, 0.1) is 11.3 Å². The first-order chi connectivity index (χ1) is 18.2. The summed E-state index contributed by atoms with van der Waals surface area (Å²) in [6.07, 6.45) is 2.42. The summed E-state index contributed by atoms with van der Waals surface area (Å²) in [7, 11) is 0. The van der Waals surface area contributed by atoms with Crippen LogP contribution in [0.1, 0.15) is 57.9 Å². The molecule has 2 N–H and O–H groups in total. The molecule has 212 valence electrons. The molecule has 0 aromatic heterocycles. The quantitative estimate of drug-likeness (QED) is 0.394. The van der Waals surface area contributed by atoms with E-state index in [1.165, 1.54) is 0 Å². The monoisotopic (exact) mass is 534 g/mol. The van der Waals surface area contributed by atoms with E-state index in [1.807, 2.05) is 36.9 Å². The van der Waals surface area contributed by atoms with Gasteiger partial charge in [0.15, 0.2) is 17.8 Å². The third-order valence-corrected chi connectivity index (χ3v) is 7.91. The molecule has 1 amide bonds. The molecule has 3 aliphatic rings. The minimum Gasteiger partial charge on any atom is -0.481 e. The number of aliphatic carboxylic acids is 1. The van der Waals surface area contributed by atoms with Crippen molar-refractivity contribution in [1.29, 1.82) is 0 Å². The standard InChI is InChI=1S/C28H42N2O8/c1-4-5-9-29(10-6-11-31)24(32)17-30-16-20(19-7-8-22-23(14-19)38-18-37-22)25(26(33)34)21(30)15-28(2,3)27-35-12-13-36-27/h7-8,14,20-21,25,27,31H,4-6,9-13,15-18H2,1-3H3,(H,33,34)/t20-,21+,25-/m1/s1. The molecule has 3 atom stereocenters. The molecular weight excluding hydrogens is 492 g/mol. The molecule has 0 saturated carbocycles. The second-order valence-corrected chi connectivity index (χ2v) is 11.2. The summed E-state index contributed by atoms with van der Waals surface area (Å²) in [5, 5.41) is 19.8. The highest BCUT2D eigenvalue weighted by Gasteiger charge is 2.50. The maximum atomic E-state index is 13.5. The van der Waals surface area contributed by atoms with Crippen molar-refractivity contribution in [2.45, 2.75) is 64.7 Å². The Morgan fingerprint density at radius 3 is 2.50 bits per heavy atom. The number of likely N-dealkylation sites (tertiary alicyclic amines) is 1. The van der Waals surface area contributed by atoms with Gasteiger partial charge in [-0.05, 0) is 37.0 Å². The van der Waals surface area contributed by atoms with Crippen LogP contribution in [0.3, 0.4) is 0 Å². The van der Waals surface area contributed by atoms with Crippen molar-refractivity contribution in [3.8, 4) is 11.5 Å². The van der Waals surface area contributed by atoms with E-state index in [0.29, 0.717) is 57.2 Å². The molecule has 0 radical (unpaired) electrons. The van der Waals surface area contributed by atoms with E-state index >= 15 is 0 Å². The molecule has 0 bridgehead atoms. The maximum Gasteiger partial charge on any atom is 0.308 e. The number of nitrogens with zero attached hydrogens (tertiary/aromatic N) is 2. The molecule has 4 rings (SSSR count). The van der Waals surface area contributed by atoms with Crippen molar-refractivity contribution in [2.75, 3.05) is 52.8 Å². The fourth-order valence-corrected chi connectivity index (χ4v) is 5.92. The van der Waals surface area contributed by atoms with Gasteiger partial charge in [0.25, 0.3) is 0 Å². The Labute approximate surface area is 224 Å². The summed E-state index contributed by atoms with van der Waals surface area (Å²) in [6.45, 7) is 8.99. The van der Waals surface area contributed by atoms with Crippen LogP contribution in [0.4, 0.5) is 0 Å². The number of carbonyl (C=O) groups excluding carboxylic acids is 1. The summed E-state index contributed by atoms with van der Waals surface area (Å²) in [5.41, 5.74) is 0.398. The lowest BCUT2D eigenvalue weighted by Gasteiger charge is -2.37. The number of unbranched alkanes of at least 4 members (excludes halogenated alkanes) is 1. The number of ether oxygens (including phenoxy) is 4. The van der Waals surface area contributed by atoms with Gasteiger partial charge in [-0.3, -0.25) is 14.5 Å². The van der Waals surface area contributed by atoms with Crippen LogP contribution in [0.2, 0.25) is 0 Å². The molecule has 10 nitrogen and oxygen atoms in total. The third-order valence-electron chi connectivity index (χ3n) is 7.91. The van der Waals surface area contributed by atoms with Gasteiger partial charge in [-0.1, -0.05) is 33.3 Å². The van der Waals surface area contributed by atoms with Crippen LogP contribution in [0.15, 0.2) is 18.2 Å². The van der Waals surface area contributed by atoms with Crippen molar-refractivity contribution < 1.29 is 38.7 Å². The number of rotatable bonds is 13. The lowest BCUT2D eigenvalue weighted by atomic mass is 9.77. The molecule has 0 aliphatic carbocycles. The fraction of sp³-hybridized carbons (Fsp3) is 0.714. The van der Waals surface area contributed by atoms with Crippen LogP contribution in [-0.4, -0.2) is 97.0 Å². The molecule has 2 saturated heterocycles. The normalized spacial score (nSPS) is 23.7. The summed E-state index contributed by atoms with van der Waals surface area (Å²) in [4.78, 5) is 30.2. The minimum atomic E-state index is -0.889. The highest BCUT2D eigenvalue weighted by Crippen LogP contribution is 2.46. The number of aliphatic hydroxyl groups excluding tert-OH is 1. The van der Waals surface area contributed by atoms with Gasteiger partial charge in [0.1, 0.15) is 0 Å². The number of carbonyl (C=O) groups is 2. The second-order valence-electron chi connectivity index (χ2n) is 11.2. The Balaban J connectivity index is 1.62. The highest BCUT2D eigenvalue weighted by molar-refractivity contribution is 5.79. The number of benzene rings is 1. The van der Waals surface area contributed by atoms with E-state index in [4.69, 9.17) is 18.9 Å². The average molecular weight is 535 g/mol. The Bertz CT molecular complexity index is 956. The molecule has 38 heavy (non-hydrogen) atoms. The lowest BCUT2D eigenvalue weighted by Crippen LogP contribution is -2.47. The molecule has 0 spiro atoms. The molecule has 1 aromatic carbocycles.